The van der Waals surface area contributed by atoms with Gasteiger partial charge in [0, 0.05) is 17.4 Å². The summed E-state index contributed by atoms with van der Waals surface area (Å²) in [5.74, 6) is -1.87. The van der Waals surface area contributed by atoms with Gasteiger partial charge in [0.25, 0.3) is 11.7 Å². The normalized spacial score (nSPS) is 17.0. The molecule has 2 heterocycles. The summed E-state index contributed by atoms with van der Waals surface area (Å²) in [6, 6.07) is 16.8. The van der Waals surface area contributed by atoms with Crippen molar-refractivity contribution in [2.24, 2.45) is 0 Å². The van der Waals surface area contributed by atoms with E-state index < -0.39 is 23.7 Å². The summed E-state index contributed by atoms with van der Waals surface area (Å²) in [6.45, 7) is 3.50. The molecule has 0 saturated carbocycles. The predicted molar refractivity (Wildman–Crippen MR) is 129 cm³/mol. The lowest BCUT2D eigenvalue weighted by Crippen LogP contribution is -2.29. The summed E-state index contributed by atoms with van der Waals surface area (Å²) in [4.78, 5) is 44.2. The van der Waals surface area contributed by atoms with E-state index in [1.165, 1.54) is 24.1 Å². The number of carbonyl (C=O) groups excluding carboxylic acids is 3. The molecule has 1 aromatic heterocycles. The van der Waals surface area contributed by atoms with Crippen molar-refractivity contribution in [3.8, 4) is 5.75 Å². The van der Waals surface area contributed by atoms with Crippen molar-refractivity contribution in [2.45, 2.75) is 26.0 Å². The van der Waals surface area contributed by atoms with Gasteiger partial charge in [-0.1, -0.05) is 6.07 Å². The molecule has 0 radical (unpaired) electrons. The molecule has 35 heavy (non-hydrogen) atoms. The first-order chi connectivity index (χ1) is 16.8. The number of hydrogen-bond donors (Lipinski definition) is 1. The summed E-state index contributed by atoms with van der Waals surface area (Å²) in [7, 11) is 1.52. The number of hydrogen-bond acceptors (Lipinski definition) is 7. The van der Waals surface area contributed by atoms with Crippen LogP contribution in [0.2, 0.25) is 0 Å². The van der Waals surface area contributed by atoms with Gasteiger partial charge in [0.1, 0.15) is 17.6 Å². The van der Waals surface area contributed by atoms with Crippen molar-refractivity contribution in [3.63, 3.8) is 0 Å². The molecule has 3 aromatic rings. The van der Waals surface area contributed by atoms with Gasteiger partial charge in [0.05, 0.1) is 30.0 Å². The van der Waals surface area contributed by atoms with Crippen molar-refractivity contribution in [1.82, 2.24) is 4.98 Å². The molecule has 4 rings (SSSR count). The molecule has 0 aliphatic carbocycles. The number of benzene rings is 2. The molecule has 2 aromatic carbocycles. The third-order valence-corrected chi connectivity index (χ3v) is 5.50. The molecule has 8 heteroatoms. The first kappa shape index (κ1) is 23.7. The Kier molecular flexibility index (Phi) is 6.64. The van der Waals surface area contributed by atoms with Gasteiger partial charge in [-0.15, -0.1) is 0 Å². The van der Waals surface area contributed by atoms with Gasteiger partial charge in [0.15, 0.2) is 0 Å². The molecule has 1 N–H and O–H groups in total. The second-order valence-corrected chi connectivity index (χ2v) is 8.15. The third kappa shape index (κ3) is 4.63. The molecule has 0 spiro atoms. The molecule has 0 bridgehead atoms. The Hall–Kier alpha value is -4.46. The number of ether oxygens (including phenoxy) is 2. The second-order valence-electron chi connectivity index (χ2n) is 8.15. The van der Waals surface area contributed by atoms with Crippen LogP contribution in [0.3, 0.4) is 0 Å². The van der Waals surface area contributed by atoms with E-state index in [9.17, 15) is 19.5 Å². The van der Waals surface area contributed by atoms with Crippen LogP contribution < -0.4 is 9.64 Å². The first-order valence-corrected chi connectivity index (χ1v) is 11.0. The van der Waals surface area contributed by atoms with Gasteiger partial charge in [-0.25, -0.2) is 4.79 Å². The zero-order chi connectivity index (χ0) is 25.1. The minimum Gasteiger partial charge on any atom is -0.507 e. The van der Waals surface area contributed by atoms with Gasteiger partial charge in [-0.2, -0.15) is 0 Å². The van der Waals surface area contributed by atoms with Crippen molar-refractivity contribution in [1.29, 1.82) is 0 Å². The Morgan fingerprint density at radius 2 is 1.63 bits per heavy atom. The number of nitrogens with zero attached hydrogens (tertiary/aromatic N) is 2. The number of pyridine rings is 1. The van der Waals surface area contributed by atoms with Crippen LogP contribution in [0.25, 0.3) is 5.76 Å². The molecular formula is C27H24N2O6. The quantitative estimate of drug-likeness (QED) is 0.247. The molecule has 1 saturated heterocycles. The highest BCUT2D eigenvalue weighted by molar-refractivity contribution is 6.51. The summed E-state index contributed by atoms with van der Waals surface area (Å²) < 4.78 is 10.4. The van der Waals surface area contributed by atoms with Crippen molar-refractivity contribution in [2.75, 3.05) is 12.0 Å². The molecule has 1 aliphatic heterocycles. The van der Waals surface area contributed by atoms with E-state index in [0.717, 1.165) is 0 Å². The number of aromatic nitrogens is 1. The Morgan fingerprint density at radius 3 is 2.20 bits per heavy atom. The fourth-order valence-electron chi connectivity index (χ4n) is 3.86. The van der Waals surface area contributed by atoms with Gasteiger partial charge < -0.3 is 14.6 Å². The van der Waals surface area contributed by atoms with Crippen LogP contribution in [0.5, 0.6) is 5.75 Å². The molecule has 1 atom stereocenters. The monoisotopic (exact) mass is 472 g/mol. The van der Waals surface area contributed by atoms with E-state index in [2.05, 4.69) is 4.98 Å². The standard InChI is InChI=1S/C27H24N2O6/c1-16(2)35-27(33)18-7-11-19(12-8-18)29-23(21-6-4-5-15-28-21)22(25(31)26(29)32)24(30)17-9-13-20(34-3)14-10-17/h4-16,23,30H,1-3H3/b24-22+. The van der Waals surface area contributed by atoms with Crippen LogP contribution >= 0.6 is 0 Å². The van der Waals surface area contributed by atoms with Crippen LogP contribution in [0.4, 0.5) is 5.69 Å². The van der Waals surface area contributed by atoms with Gasteiger partial charge >= 0.3 is 5.97 Å². The Labute approximate surface area is 202 Å². The Morgan fingerprint density at radius 1 is 0.971 bits per heavy atom. The SMILES string of the molecule is COc1ccc(/C(O)=C2\C(=O)C(=O)N(c3ccc(C(=O)OC(C)C)cc3)C2c2ccccn2)cc1. The van der Waals surface area contributed by atoms with Gasteiger partial charge in [0.2, 0.25) is 0 Å². The van der Waals surface area contributed by atoms with E-state index in [1.54, 1.807) is 74.6 Å². The summed E-state index contributed by atoms with van der Waals surface area (Å²) in [6.07, 6.45) is 1.27. The number of methoxy groups -OCH3 is 1. The van der Waals surface area contributed by atoms with E-state index >= 15 is 0 Å². The number of ketones is 1. The number of Topliss-reactive ketones (excluding diaryl/α,β-unsaturated/α-hetero) is 1. The number of rotatable bonds is 6. The number of carbonyl (C=O) groups is 3. The van der Waals surface area contributed by atoms with Crippen LogP contribution in [0, 0.1) is 0 Å². The van der Waals surface area contributed by atoms with Crippen molar-refractivity contribution in [3.05, 3.63) is 95.3 Å². The lowest BCUT2D eigenvalue weighted by Gasteiger charge is -2.24. The highest BCUT2D eigenvalue weighted by atomic mass is 16.5. The number of aliphatic hydroxyl groups is 1. The predicted octanol–water partition coefficient (Wildman–Crippen LogP) is 4.28. The van der Waals surface area contributed by atoms with Crippen LogP contribution in [-0.2, 0) is 14.3 Å². The lowest BCUT2D eigenvalue weighted by molar-refractivity contribution is -0.132. The molecule has 1 fully saturated rings. The Balaban J connectivity index is 1.81. The van der Waals surface area contributed by atoms with Gasteiger partial charge in [-0.3, -0.25) is 19.5 Å². The van der Waals surface area contributed by atoms with E-state index in [0.29, 0.717) is 28.3 Å². The maximum atomic E-state index is 13.2. The zero-order valence-corrected chi connectivity index (χ0v) is 19.5. The van der Waals surface area contributed by atoms with Crippen LogP contribution in [0.1, 0.15) is 41.5 Å². The van der Waals surface area contributed by atoms with Crippen molar-refractivity contribution < 1.29 is 29.0 Å². The van der Waals surface area contributed by atoms with E-state index in [-0.39, 0.29) is 17.4 Å². The summed E-state index contributed by atoms with van der Waals surface area (Å²) >= 11 is 0. The summed E-state index contributed by atoms with van der Waals surface area (Å²) in [5, 5.41) is 11.1. The largest absolute Gasteiger partial charge is 0.507 e. The highest BCUT2D eigenvalue weighted by Crippen LogP contribution is 2.41. The highest BCUT2D eigenvalue weighted by Gasteiger charge is 2.47. The minimum absolute atomic E-state index is 0.0813. The maximum Gasteiger partial charge on any atom is 0.338 e. The maximum absolute atomic E-state index is 13.2. The number of esters is 1. The van der Waals surface area contributed by atoms with Crippen LogP contribution in [-0.4, -0.2) is 41.0 Å². The van der Waals surface area contributed by atoms with E-state index in [4.69, 9.17) is 9.47 Å². The first-order valence-electron chi connectivity index (χ1n) is 11.0. The van der Waals surface area contributed by atoms with Gasteiger partial charge in [-0.05, 0) is 74.5 Å². The smallest absolute Gasteiger partial charge is 0.338 e. The van der Waals surface area contributed by atoms with Crippen molar-refractivity contribution >= 4 is 29.1 Å². The number of aliphatic hydroxyl groups excluding tert-OH is 1. The lowest BCUT2D eigenvalue weighted by atomic mass is 9.98. The second kappa shape index (κ2) is 9.80. The molecule has 8 nitrogen and oxygen atoms in total. The average molecular weight is 472 g/mol. The Bertz CT molecular complexity index is 1280. The third-order valence-electron chi connectivity index (χ3n) is 5.50. The number of anilines is 1. The molecule has 1 aliphatic rings. The fourth-order valence-corrected chi connectivity index (χ4v) is 3.86. The zero-order valence-electron chi connectivity index (χ0n) is 19.5. The number of amides is 1. The summed E-state index contributed by atoms with van der Waals surface area (Å²) in [5.41, 5.74) is 1.37. The molecule has 178 valence electrons. The van der Waals surface area contributed by atoms with E-state index in [1.807, 2.05) is 0 Å². The molecular weight excluding hydrogens is 448 g/mol. The average Bonchev–Trinajstić information content (AvgIpc) is 3.14. The molecule has 1 amide bonds. The minimum atomic E-state index is -0.966. The van der Waals surface area contributed by atoms with Crippen LogP contribution in [0.15, 0.2) is 78.5 Å². The molecule has 1 unspecified atom stereocenters. The fraction of sp³-hybridized carbons (Fsp3) is 0.185. The topological polar surface area (TPSA) is 106 Å².